The van der Waals surface area contributed by atoms with Crippen molar-refractivity contribution in [3.05, 3.63) is 71.4 Å². The summed E-state index contributed by atoms with van der Waals surface area (Å²) >= 11 is 5.49. The van der Waals surface area contributed by atoms with E-state index in [1.54, 1.807) is 22.7 Å². The Balaban J connectivity index is 1.71. The highest BCUT2D eigenvalue weighted by Gasteiger charge is 2.09. The minimum absolute atomic E-state index is 1.32. The lowest BCUT2D eigenvalue weighted by Crippen LogP contribution is -1.73. The fourth-order valence-corrected chi connectivity index (χ4v) is 5.60. The molecule has 0 atom stereocenters. The Morgan fingerprint density at radius 1 is 0.565 bits per heavy atom. The molecule has 0 spiro atoms. The van der Waals surface area contributed by atoms with E-state index in [1.807, 2.05) is 11.3 Å². The van der Waals surface area contributed by atoms with Crippen LogP contribution >= 0.6 is 34.0 Å². The first-order valence-electron chi connectivity index (χ1n) is 7.42. The molecule has 0 saturated heterocycles. The summed E-state index contributed by atoms with van der Waals surface area (Å²) in [6.45, 7) is 0. The van der Waals surface area contributed by atoms with Crippen LogP contribution in [0.5, 0.6) is 0 Å². The van der Waals surface area contributed by atoms with Crippen LogP contribution in [0.15, 0.2) is 71.4 Å². The van der Waals surface area contributed by atoms with Crippen molar-refractivity contribution in [1.82, 2.24) is 0 Å². The summed E-state index contributed by atoms with van der Waals surface area (Å²) in [6.07, 6.45) is 0. The Hall–Kier alpha value is -1.94. The summed E-state index contributed by atoms with van der Waals surface area (Å²) in [5, 5.41) is 7.00. The fourth-order valence-electron chi connectivity index (χ4n) is 2.97. The summed E-state index contributed by atoms with van der Waals surface area (Å²) in [6, 6.07) is 22.3. The normalized spacial score (nSPS) is 11.5. The zero-order chi connectivity index (χ0) is 15.2. The SMILES string of the molecule is c1csc(-c2ccc3c(c2)sc2cc(-c4cccs4)ccc23)c1. The highest BCUT2D eigenvalue weighted by molar-refractivity contribution is 7.26. The van der Waals surface area contributed by atoms with E-state index in [0.29, 0.717) is 0 Å². The molecule has 0 nitrogen and oxygen atoms in total. The third-order valence-electron chi connectivity index (χ3n) is 4.08. The van der Waals surface area contributed by atoms with Crippen LogP contribution in [0.2, 0.25) is 0 Å². The highest BCUT2D eigenvalue weighted by Crippen LogP contribution is 2.39. The Morgan fingerprint density at radius 2 is 1.09 bits per heavy atom. The molecule has 0 unspecified atom stereocenters. The maximum Gasteiger partial charge on any atom is 0.0361 e. The highest BCUT2D eigenvalue weighted by atomic mass is 32.1. The smallest absolute Gasteiger partial charge is 0.0361 e. The molecule has 3 heteroatoms. The second kappa shape index (κ2) is 5.31. The zero-order valence-electron chi connectivity index (χ0n) is 12.2. The summed E-state index contributed by atoms with van der Waals surface area (Å²) in [5.74, 6) is 0. The van der Waals surface area contributed by atoms with Gasteiger partial charge >= 0.3 is 0 Å². The van der Waals surface area contributed by atoms with Gasteiger partial charge in [0, 0.05) is 29.9 Å². The van der Waals surface area contributed by atoms with E-state index in [9.17, 15) is 0 Å². The predicted molar refractivity (Wildman–Crippen MR) is 106 cm³/mol. The summed E-state index contributed by atoms with van der Waals surface area (Å²) in [5.41, 5.74) is 2.63. The van der Waals surface area contributed by atoms with Crippen LogP contribution in [0.3, 0.4) is 0 Å². The second-order valence-corrected chi connectivity index (χ2v) is 8.46. The van der Waals surface area contributed by atoms with Gasteiger partial charge in [0.2, 0.25) is 0 Å². The van der Waals surface area contributed by atoms with E-state index >= 15 is 0 Å². The first kappa shape index (κ1) is 13.5. The minimum Gasteiger partial charge on any atom is -0.144 e. The van der Waals surface area contributed by atoms with Crippen LogP contribution in [-0.2, 0) is 0 Å². The van der Waals surface area contributed by atoms with E-state index in [-0.39, 0.29) is 0 Å². The molecule has 3 aromatic heterocycles. The Morgan fingerprint density at radius 3 is 1.52 bits per heavy atom. The molecule has 23 heavy (non-hydrogen) atoms. The molecular formula is C20H12S3. The van der Waals surface area contributed by atoms with Gasteiger partial charge in [-0.2, -0.15) is 0 Å². The van der Waals surface area contributed by atoms with Crippen molar-refractivity contribution in [1.29, 1.82) is 0 Å². The first-order chi connectivity index (χ1) is 11.4. The van der Waals surface area contributed by atoms with Crippen LogP contribution in [0.1, 0.15) is 0 Å². The van der Waals surface area contributed by atoms with Crippen molar-refractivity contribution < 1.29 is 0 Å². The predicted octanol–water partition coefficient (Wildman–Crippen LogP) is 7.51. The fraction of sp³-hybridized carbons (Fsp3) is 0. The van der Waals surface area contributed by atoms with Gasteiger partial charge in [-0.3, -0.25) is 0 Å². The molecule has 0 fully saturated rings. The van der Waals surface area contributed by atoms with Crippen molar-refractivity contribution in [2.24, 2.45) is 0 Å². The van der Waals surface area contributed by atoms with Crippen LogP contribution in [-0.4, -0.2) is 0 Å². The van der Waals surface area contributed by atoms with E-state index in [4.69, 9.17) is 0 Å². The van der Waals surface area contributed by atoms with Crippen molar-refractivity contribution in [2.75, 3.05) is 0 Å². The molecule has 3 heterocycles. The van der Waals surface area contributed by atoms with Gasteiger partial charge in [0.1, 0.15) is 0 Å². The van der Waals surface area contributed by atoms with E-state index < -0.39 is 0 Å². The Kier molecular flexibility index (Phi) is 3.11. The monoisotopic (exact) mass is 348 g/mol. The molecule has 0 amide bonds. The quantitative estimate of drug-likeness (QED) is 0.309. The Labute approximate surface area is 146 Å². The lowest BCUT2D eigenvalue weighted by Gasteiger charge is -1.99. The largest absolute Gasteiger partial charge is 0.144 e. The van der Waals surface area contributed by atoms with E-state index in [2.05, 4.69) is 71.4 Å². The topological polar surface area (TPSA) is 0 Å². The Bertz CT molecular complexity index is 1010. The molecule has 0 aliphatic carbocycles. The van der Waals surface area contributed by atoms with Crippen molar-refractivity contribution in [3.63, 3.8) is 0 Å². The number of benzene rings is 2. The number of thiophene rings is 3. The molecule has 0 N–H and O–H groups in total. The summed E-state index contributed by atoms with van der Waals surface area (Å²) in [7, 11) is 0. The number of hydrogen-bond acceptors (Lipinski definition) is 3. The molecular weight excluding hydrogens is 336 g/mol. The third-order valence-corrected chi connectivity index (χ3v) is 7.04. The lowest BCUT2D eigenvalue weighted by atomic mass is 10.1. The van der Waals surface area contributed by atoms with Gasteiger partial charge in [-0.1, -0.05) is 36.4 Å². The van der Waals surface area contributed by atoms with E-state index in [1.165, 1.54) is 41.1 Å². The second-order valence-electron chi connectivity index (χ2n) is 5.48. The van der Waals surface area contributed by atoms with Gasteiger partial charge in [0.15, 0.2) is 0 Å². The molecule has 0 radical (unpaired) electrons. The summed E-state index contributed by atoms with van der Waals surface area (Å²) < 4.78 is 2.74. The third kappa shape index (κ3) is 2.24. The average molecular weight is 349 g/mol. The molecule has 0 saturated carbocycles. The zero-order valence-corrected chi connectivity index (χ0v) is 14.6. The van der Waals surface area contributed by atoms with Crippen LogP contribution in [0, 0.1) is 0 Å². The first-order valence-corrected chi connectivity index (χ1v) is 10.0. The molecule has 5 rings (SSSR count). The van der Waals surface area contributed by atoms with Gasteiger partial charge in [0.25, 0.3) is 0 Å². The van der Waals surface area contributed by atoms with Crippen LogP contribution in [0.4, 0.5) is 0 Å². The molecule has 110 valence electrons. The number of rotatable bonds is 2. The van der Waals surface area contributed by atoms with Crippen molar-refractivity contribution in [3.8, 4) is 20.9 Å². The maximum absolute atomic E-state index is 2.33. The van der Waals surface area contributed by atoms with Gasteiger partial charge in [-0.15, -0.1) is 34.0 Å². The molecule has 5 aromatic rings. The average Bonchev–Trinajstić information content (AvgIpc) is 3.32. The summed E-state index contributed by atoms with van der Waals surface area (Å²) in [4.78, 5) is 2.67. The molecule has 0 bridgehead atoms. The molecule has 2 aromatic carbocycles. The van der Waals surface area contributed by atoms with Crippen molar-refractivity contribution in [2.45, 2.75) is 0 Å². The standard InChI is InChI=1S/C20H12S3/c1-3-17(21-9-1)13-5-7-15-16-8-6-14(18-4-2-10-22-18)12-20(16)23-19(15)11-13/h1-12H. The van der Waals surface area contributed by atoms with Crippen molar-refractivity contribution >= 4 is 54.2 Å². The molecule has 0 aliphatic rings. The maximum atomic E-state index is 2.33. The number of hydrogen-bond donors (Lipinski definition) is 0. The van der Waals surface area contributed by atoms with Crippen LogP contribution < -0.4 is 0 Å². The molecule has 0 aliphatic heterocycles. The van der Waals surface area contributed by atoms with Gasteiger partial charge in [-0.25, -0.2) is 0 Å². The minimum atomic E-state index is 1.32. The van der Waals surface area contributed by atoms with Gasteiger partial charge < -0.3 is 0 Å². The van der Waals surface area contributed by atoms with Crippen LogP contribution in [0.25, 0.3) is 41.1 Å². The number of fused-ring (bicyclic) bond motifs is 3. The van der Waals surface area contributed by atoms with Gasteiger partial charge in [-0.05, 0) is 46.2 Å². The lowest BCUT2D eigenvalue weighted by molar-refractivity contribution is 1.79. The van der Waals surface area contributed by atoms with Gasteiger partial charge in [0.05, 0.1) is 0 Å². The van der Waals surface area contributed by atoms with E-state index in [0.717, 1.165) is 0 Å².